The van der Waals surface area contributed by atoms with Crippen LogP contribution < -0.4 is 11.1 Å². The van der Waals surface area contributed by atoms with Gasteiger partial charge in [-0.3, -0.25) is 4.79 Å². The number of nitrogens with two attached hydrogens (primary N) is 1. The summed E-state index contributed by atoms with van der Waals surface area (Å²) >= 11 is 0. The first-order valence-electron chi connectivity index (χ1n) is 4.79. The van der Waals surface area contributed by atoms with Crippen molar-refractivity contribution in [2.24, 2.45) is 5.73 Å². The van der Waals surface area contributed by atoms with E-state index in [1.165, 1.54) is 0 Å². The fraction of sp³-hybridized carbons (Fsp3) is 0.700. The van der Waals surface area contributed by atoms with E-state index in [1.807, 2.05) is 6.92 Å². The van der Waals surface area contributed by atoms with E-state index in [-0.39, 0.29) is 11.9 Å². The standard InChI is InChI=1S/C10H20N2O2/c1-4-8(2)12-10(13)9(11)6-5-7-14-3/h4,8-9H,1,5-7,11H2,2-3H3,(H,12,13). The molecule has 0 aromatic rings. The van der Waals surface area contributed by atoms with Gasteiger partial charge in [0.25, 0.3) is 0 Å². The Morgan fingerprint density at radius 2 is 2.36 bits per heavy atom. The van der Waals surface area contributed by atoms with Crippen molar-refractivity contribution < 1.29 is 9.53 Å². The summed E-state index contributed by atoms with van der Waals surface area (Å²) in [4.78, 5) is 11.4. The molecule has 0 aliphatic rings. The van der Waals surface area contributed by atoms with E-state index >= 15 is 0 Å². The zero-order valence-electron chi connectivity index (χ0n) is 8.95. The number of methoxy groups -OCH3 is 1. The predicted octanol–water partition coefficient (Wildman–Crippen LogP) is 0.431. The molecule has 0 bridgehead atoms. The molecule has 1 amide bonds. The summed E-state index contributed by atoms with van der Waals surface area (Å²) < 4.78 is 4.87. The zero-order chi connectivity index (χ0) is 11.0. The van der Waals surface area contributed by atoms with Crippen molar-refractivity contribution in [2.45, 2.75) is 31.8 Å². The minimum atomic E-state index is -0.451. The van der Waals surface area contributed by atoms with Gasteiger partial charge in [0.2, 0.25) is 5.91 Å². The molecule has 0 aromatic carbocycles. The maximum absolute atomic E-state index is 11.4. The van der Waals surface area contributed by atoms with Gasteiger partial charge in [0.1, 0.15) is 0 Å². The number of nitrogens with one attached hydrogen (secondary N) is 1. The van der Waals surface area contributed by atoms with Crippen molar-refractivity contribution in [2.75, 3.05) is 13.7 Å². The van der Waals surface area contributed by atoms with Crippen molar-refractivity contribution in [3.05, 3.63) is 12.7 Å². The second-order valence-electron chi connectivity index (χ2n) is 3.27. The summed E-state index contributed by atoms with van der Waals surface area (Å²) in [6, 6.07) is -0.483. The third-order valence-electron chi connectivity index (χ3n) is 1.92. The monoisotopic (exact) mass is 200 g/mol. The summed E-state index contributed by atoms with van der Waals surface area (Å²) in [5, 5.41) is 2.73. The molecule has 0 aromatic heterocycles. The molecular weight excluding hydrogens is 180 g/mol. The lowest BCUT2D eigenvalue weighted by molar-refractivity contribution is -0.122. The van der Waals surface area contributed by atoms with Crippen molar-refractivity contribution >= 4 is 5.91 Å². The molecule has 0 fully saturated rings. The minimum absolute atomic E-state index is 0.0315. The molecule has 0 saturated carbocycles. The minimum Gasteiger partial charge on any atom is -0.385 e. The van der Waals surface area contributed by atoms with Crippen LogP contribution in [0.1, 0.15) is 19.8 Å². The Hall–Kier alpha value is -0.870. The molecule has 0 spiro atoms. The first-order valence-corrected chi connectivity index (χ1v) is 4.79. The topological polar surface area (TPSA) is 64.4 Å². The van der Waals surface area contributed by atoms with Crippen molar-refractivity contribution in [1.82, 2.24) is 5.32 Å². The van der Waals surface area contributed by atoms with E-state index in [0.717, 1.165) is 6.42 Å². The number of amides is 1. The molecule has 14 heavy (non-hydrogen) atoms. The predicted molar refractivity (Wildman–Crippen MR) is 56.9 cm³/mol. The van der Waals surface area contributed by atoms with Crippen LogP contribution in [0.15, 0.2) is 12.7 Å². The SMILES string of the molecule is C=CC(C)NC(=O)C(N)CCCOC. The van der Waals surface area contributed by atoms with Gasteiger partial charge in [-0.05, 0) is 19.8 Å². The molecule has 0 radical (unpaired) electrons. The first-order chi connectivity index (χ1) is 6.61. The molecule has 0 aliphatic carbocycles. The molecule has 0 saturated heterocycles. The van der Waals surface area contributed by atoms with E-state index in [1.54, 1.807) is 13.2 Å². The molecule has 82 valence electrons. The summed E-state index contributed by atoms with van der Waals surface area (Å²) in [7, 11) is 1.63. The highest BCUT2D eigenvalue weighted by molar-refractivity contribution is 5.81. The van der Waals surface area contributed by atoms with Gasteiger partial charge in [-0.1, -0.05) is 6.08 Å². The first kappa shape index (κ1) is 13.1. The van der Waals surface area contributed by atoms with Crippen LogP contribution in [0.5, 0.6) is 0 Å². The van der Waals surface area contributed by atoms with Crippen molar-refractivity contribution in [3.63, 3.8) is 0 Å². The average Bonchev–Trinajstić information content (AvgIpc) is 2.17. The summed E-state index contributed by atoms with van der Waals surface area (Å²) in [6.07, 6.45) is 3.11. The molecule has 4 nitrogen and oxygen atoms in total. The summed E-state index contributed by atoms with van der Waals surface area (Å²) in [5.41, 5.74) is 5.66. The fourth-order valence-electron chi connectivity index (χ4n) is 0.969. The molecule has 2 atom stereocenters. The second kappa shape index (κ2) is 7.53. The molecular formula is C10H20N2O2. The maximum Gasteiger partial charge on any atom is 0.237 e. The van der Waals surface area contributed by atoms with Gasteiger partial charge in [-0.2, -0.15) is 0 Å². The number of hydrogen-bond acceptors (Lipinski definition) is 3. The third kappa shape index (κ3) is 5.72. The van der Waals surface area contributed by atoms with E-state index in [9.17, 15) is 4.79 Å². The molecule has 0 heterocycles. The highest BCUT2D eigenvalue weighted by Crippen LogP contribution is 1.96. The van der Waals surface area contributed by atoms with Crippen LogP contribution in [0, 0.1) is 0 Å². The van der Waals surface area contributed by atoms with Gasteiger partial charge >= 0.3 is 0 Å². The number of rotatable bonds is 7. The highest BCUT2D eigenvalue weighted by Gasteiger charge is 2.13. The van der Waals surface area contributed by atoms with Gasteiger partial charge in [0, 0.05) is 19.8 Å². The molecule has 4 heteroatoms. The number of carbonyl (C=O) groups is 1. The van der Waals surface area contributed by atoms with Crippen molar-refractivity contribution in [1.29, 1.82) is 0 Å². The molecule has 0 aliphatic heterocycles. The highest BCUT2D eigenvalue weighted by atomic mass is 16.5. The van der Waals surface area contributed by atoms with Gasteiger partial charge in [-0.15, -0.1) is 6.58 Å². The van der Waals surface area contributed by atoms with Crippen LogP contribution in [0.3, 0.4) is 0 Å². The normalized spacial score (nSPS) is 14.5. The van der Waals surface area contributed by atoms with Crippen LogP contribution in [-0.4, -0.2) is 31.7 Å². The Morgan fingerprint density at radius 3 is 2.86 bits per heavy atom. The Morgan fingerprint density at radius 1 is 1.71 bits per heavy atom. The van der Waals surface area contributed by atoms with E-state index in [0.29, 0.717) is 13.0 Å². The summed E-state index contributed by atoms with van der Waals surface area (Å²) in [5.74, 6) is -0.131. The van der Waals surface area contributed by atoms with Crippen LogP contribution >= 0.6 is 0 Å². The van der Waals surface area contributed by atoms with E-state index < -0.39 is 6.04 Å². The van der Waals surface area contributed by atoms with Crippen LogP contribution in [0.4, 0.5) is 0 Å². The average molecular weight is 200 g/mol. The molecule has 2 unspecified atom stereocenters. The van der Waals surface area contributed by atoms with E-state index in [4.69, 9.17) is 10.5 Å². The van der Waals surface area contributed by atoms with Crippen LogP contribution in [-0.2, 0) is 9.53 Å². The van der Waals surface area contributed by atoms with E-state index in [2.05, 4.69) is 11.9 Å². The third-order valence-corrected chi connectivity index (χ3v) is 1.92. The number of carbonyl (C=O) groups excluding carboxylic acids is 1. The lowest BCUT2D eigenvalue weighted by Gasteiger charge is -2.14. The zero-order valence-corrected chi connectivity index (χ0v) is 8.95. The Labute approximate surface area is 85.5 Å². The maximum atomic E-state index is 11.4. The lowest BCUT2D eigenvalue weighted by Crippen LogP contribution is -2.43. The summed E-state index contributed by atoms with van der Waals surface area (Å²) in [6.45, 7) is 6.06. The second-order valence-corrected chi connectivity index (χ2v) is 3.27. The number of hydrogen-bond donors (Lipinski definition) is 2. The Balaban J connectivity index is 3.70. The van der Waals surface area contributed by atoms with Gasteiger partial charge in [-0.25, -0.2) is 0 Å². The fourth-order valence-corrected chi connectivity index (χ4v) is 0.969. The quantitative estimate of drug-likeness (QED) is 0.463. The smallest absolute Gasteiger partial charge is 0.237 e. The largest absolute Gasteiger partial charge is 0.385 e. The molecule has 0 rings (SSSR count). The lowest BCUT2D eigenvalue weighted by atomic mass is 10.1. The van der Waals surface area contributed by atoms with Crippen molar-refractivity contribution in [3.8, 4) is 0 Å². The number of ether oxygens (including phenoxy) is 1. The van der Waals surface area contributed by atoms with Gasteiger partial charge < -0.3 is 15.8 Å². The van der Waals surface area contributed by atoms with Gasteiger partial charge in [0.15, 0.2) is 0 Å². The van der Waals surface area contributed by atoms with Crippen LogP contribution in [0.2, 0.25) is 0 Å². The Kier molecular flexibility index (Phi) is 7.06. The van der Waals surface area contributed by atoms with Gasteiger partial charge in [0.05, 0.1) is 6.04 Å². The Bertz CT molecular complexity index is 183. The molecule has 3 N–H and O–H groups in total. The van der Waals surface area contributed by atoms with Crippen LogP contribution in [0.25, 0.3) is 0 Å².